The molecule has 0 aromatic heterocycles. The number of benzene rings is 1. The molecule has 80 valence electrons. The summed E-state index contributed by atoms with van der Waals surface area (Å²) in [6.45, 7) is 0.851. The molecule has 0 unspecified atom stereocenters. The number of carbonyl (C=O) groups is 1. The molecule has 1 aliphatic heterocycles. The van der Waals surface area contributed by atoms with Gasteiger partial charge in [0, 0.05) is 6.54 Å². The van der Waals surface area contributed by atoms with E-state index in [0.29, 0.717) is 5.92 Å². The molecule has 0 bridgehead atoms. The largest absolute Gasteiger partial charge is 0.468 e. The molecule has 0 amide bonds. The van der Waals surface area contributed by atoms with E-state index in [2.05, 4.69) is 17.4 Å². The average molecular weight is 205 g/mol. The Labute approximate surface area is 89.4 Å². The van der Waals surface area contributed by atoms with Gasteiger partial charge in [0.05, 0.1) is 7.11 Å². The van der Waals surface area contributed by atoms with Gasteiger partial charge in [-0.1, -0.05) is 30.3 Å². The molecule has 3 heteroatoms. The Morgan fingerprint density at radius 3 is 2.80 bits per heavy atom. The fourth-order valence-corrected chi connectivity index (χ4v) is 2.04. The van der Waals surface area contributed by atoms with Gasteiger partial charge in [-0.25, -0.2) is 0 Å². The van der Waals surface area contributed by atoms with Crippen LogP contribution in [0.3, 0.4) is 0 Å². The summed E-state index contributed by atoms with van der Waals surface area (Å²) < 4.78 is 4.72. The molecule has 15 heavy (non-hydrogen) atoms. The normalized spacial score (nSPS) is 25.1. The zero-order valence-corrected chi connectivity index (χ0v) is 8.77. The van der Waals surface area contributed by atoms with Gasteiger partial charge in [-0.15, -0.1) is 0 Å². The lowest BCUT2D eigenvalue weighted by Gasteiger charge is -2.08. The van der Waals surface area contributed by atoms with Crippen LogP contribution in [0.5, 0.6) is 0 Å². The summed E-state index contributed by atoms with van der Waals surface area (Å²) >= 11 is 0. The summed E-state index contributed by atoms with van der Waals surface area (Å²) in [5.74, 6) is 0.267. The SMILES string of the molecule is COC(=O)[C@@H]1C[C@H](c2ccccc2)CN1. The molecule has 1 fully saturated rings. The number of ether oxygens (including phenoxy) is 1. The van der Waals surface area contributed by atoms with Gasteiger partial charge in [0.1, 0.15) is 6.04 Å². The Kier molecular flexibility index (Phi) is 3.02. The molecule has 1 aromatic rings. The van der Waals surface area contributed by atoms with Crippen molar-refractivity contribution < 1.29 is 9.53 Å². The van der Waals surface area contributed by atoms with Crippen molar-refractivity contribution in [3.05, 3.63) is 35.9 Å². The first-order valence-corrected chi connectivity index (χ1v) is 5.17. The van der Waals surface area contributed by atoms with Crippen LogP contribution in [0.1, 0.15) is 17.9 Å². The maximum Gasteiger partial charge on any atom is 0.322 e. The number of rotatable bonds is 2. The number of hydrogen-bond donors (Lipinski definition) is 1. The predicted molar refractivity (Wildman–Crippen MR) is 57.6 cm³/mol. The maximum atomic E-state index is 11.3. The van der Waals surface area contributed by atoms with Crippen molar-refractivity contribution in [2.45, 2.75) is 18.4 Å². The minimum atomic E-state index is -0.159. The Balaban J connectivity index is 2.02. The highest BCUT2D eigenvalue weighted by Gasteiger charge is 2.30. The van der Waals surface area contributed by atoms with E-state index in [4.69, 9.17) is 4.74 Å². The van der Waals surface area contributed by atoms with E-state index in [0.717, 1.165) is 13.0 Å². The van der Waals surface area contributed by atoms with Gasteiger partial charge >= 0.3 is 5.97 Å². The number of carbonyl (C=O) groups excluding carboxylic acids is 1. The van der Waals surface area contributed by atoms with Crippen molar-refractivity contribution in [1.82, 2.24) is 5.32 Å². The second kappa shape index (κ2) is 4.45. The molecule has 1 aliphatic rings. The highest BCUT2D eigenvalue weighted by molar-refractivity contribution is 5.76. The topological polar surface area (TPSA) is 38.3 Å². The third-order valence-corrected chi connectivity index (χ3v) is 2.89. The quantitative estimate of drug-likeness (QED) is 0.740. The van der Waals surface area contributed by atoms with Crippen molar-refractivity contribution in [3.63, 3.8) is 0 Å². The lowest BCUT2D eigenvalue weighted by Crippen LogP contribution is -2.31. The first-order chi connectivity index (χ1) is 7.31. The summed E-state index contributed by atoms with van der Waals surface area (Å²) in [6, 6.07) is 10.1. The van der Waals surface area contributed by atoms with Crippen molar-refractivity contribution in [2.24, 2.45) is 0 Å². The molecule has 1 aromatic carbocycles. The number of nitrogens with one attached hydrogen (secondary N) is 1. The highest BCUT2D eigenvalue weighted by Crippen LogP contribution is 2.25. The average Bonchev–Trinajstić information content (AvgIpc) is 2.78. The summed E-state index contributed by atoms with van der Waals surface area (Å²) in [5, 5.41) is 3.18. The van der Waals surface area contributed by atoms with Gasteiger partial charge in [0.15, 0.2) is 0 Å². The van der Waals surface area contributed by atoms with E-state index >= 15 is 0 Å². The molecule has 0 spiro atoms. The fraction of sp³-hybridized carbons (Fsp3) is 0.417. The third-order valence-electron chi connectivity index (χ3n) is 2.89. The van der Waals surface area contributed by atoms with E-state index in [9.17, 15) is 4.79 Å². The first-order valence-electron chi connectivity index (χ1n) is 5.17. The molecular weight excluding hydrogens is 190 g/mol. The van der Waals surface area contributed by atoms with Crippen molar-refractivity contribution in [2.75, 3.05) is 13.7 Å². The second-order valence-electron chi connectivity index (χ2n) is 3.83. The van der Waals surface area contributed by atoms with Crippen LogP contribution in [0.4, 0.5) is 0 Å². The molecule has 2 atom stereocenters. The van der Waals surface area contributed by atoms with Crippen LogP contribution in [0.25, 0.3) is 0 Å². The van der Waals surface area contributed by atoms with E-state index in [1.165, 1.54) is 12.7 Å². The van der Waals surface area contributed by atoms with Crippen molar-refractivity contribution >= 4 is 5.97 Å². The van der Waals surface area contributed by atoms with Crippen LogP contribution in [0.15, 0.2) is 30.3 Å². The zero-order valence-electron chi connectivity index (χ0n) is 8.77. The number of hydrogen-bond acceptors (Lipinski definition) is 3. The van der Waals surface area contributed by atoms with Crippen molar-refractivity contribution in [3.8, 4) is 0 Å². The van der Waals surface area contributed by atoms with E-state index < -0.39 is 0 Å². The van der Waals surface area contributed by atoms with Gasteiger partial charge in [-0.05, 0) is 17.9 Å². The first kappa shape index (κ1) is 10.2. The number of esters is 1. The molecule has 0 saturated carbocycles. The maximum absolute atomic E-state index is 11.3. The lowest BCUT2D eigenvalue weighted by atomic mass is 9.96. The molecule has 3 nitrogen and oxygen atoms in total. The Morgan fingerprint density at radius 1 is 1.40 bits per heavy atom. The highest BCUT2D eigenvalue weighted by atomic mass is 16.5. The summed E-state index contributed by atoms with van der Waals surface area (Å²) in [5.41, 5.74) is 1.29. The Hall–Kier alpha value is -1.35. The molecule has 1 saturated heterocycles. The van der Waals surface area contributed by atoms with Crippen LogP contribution >= 0.6 is 0 Å². The van der Waals surface area contributed by atoms with Crippen LogP contribution in [0.2, 0.25) is 0 Å². The molecule has 2 rings (SSSR count). The summed E-state index contributed by atoms with van der Waals surface area (Å²) in [4.78, 5) is 11.3. The van der Waals surface area contributed by atoms with Gasteiger partial charge in [0.25, 0.3) is 0 Å². The van der Waals surface area contributed by atoms with Crippen LogP contribution in [-0.2, 0) is 9.53 Å². The lowest BCUT2D eigenvalue weighted by molar-refractivity contribution is -0.142. The monoisotopic (exact) mass is 205 g/mol. The van der Waals surface area contributed by atoms with Crippen LogP contribution in [-0.4, -0.2) is 25.7 Å². The predicted octanol–water partition coefficient (Wildman–Crippen LogP) is 1.31. The van der Waals surface area contributed by atoms with Gasteiger partial charge < -0.3 is 10.1 Å². The van der Waals surface area contributed by atoms with Crippen LogP contribution in [0, 0.1) is 0 Å². The van der Waals surface area contributed by atoms with E-state index in [-0.39, 0.29) is 12.0 Å². The Bertz CT molecular complexity index is 337. The minimum absolute atomic E-state index is 0.139. The molecular formula is C12H15NO2. The van der Waals surface area contributed by atoms with E-state index in [1.807, 2.05) is 18.2 Å². The minimum Gasteiger partial charge on any atom is -0.468 e. The molecule has 1 N–H and O–H groups in total. The fourth-order valence-electron chi connectivity index (χ4n) is 2.04. The molecule has 0 aliphatic carbocycles. The smallest absolute Gasteiger partial charge is 0.322 e. The Morgan fingerprint density at radius 2 is 2.13 bits per heavy atom. The standard InChI is InChI=1S/C12H15NO2/c1-15-12(14)11-7-10(8-13-11)9-5-3-2-4-6-9/h2-6,10-11,13H,7-8H2,1H3/t10-,11-/m0/s1. The van der Waals surface area contributed by atoms with E-state index in [1.54, 1.807) is 0 Å². The van der Waals surface area contributed by atoms with Gasteiger partial charge in [0.2, 0.25) is 0 Å². The van der Waals surface area contributed by atoms with Gasteiger partial charge in [-0.3, -0.25) is 4.79 Å². The number of methoxy groups -OCH3 is 1. The van der Waals surface area contributed by atoms with Gasteiger partial charge in [-0.2, -0.15) is 0 Å². The van der Waals surface area contributed by atoms with Crippen LogP contribution < -0.4 is 5.32 Å². The molecule has 1 heterocycles. The van der Waals surface area contributed by atoms with Crippen molar-refractivity contribution in [1.29, 1.82) is 0 Å². The molecule has 0 radical (unpaired) electrons. The third kappa shape index (κ3) is 2.18. The summed E-state index contributed by atoms with van der Waals surface area (Å²) in [7, 11) is 1.43. The second-order valence-corrected chi connectivity index (χ2v) is 3.83. The zero-order chi connectivity index (χ0) is 10.7. The summed E-state index contributed by atoms with van der Waals surface area (Å²) in [6.07, 6.45) is 0.830.